The quantitative estimate of drug-likeness (QED) is 0.760. The molecule has 0 bridgehead atoms. The summed E-state index contributed by atoms with van der Waals surface area (Å²) >= 11 is 12.2. The van der Waals surface area contributed by atoms with Crippen molar-refractivity contribution in [3.8, 4) is 0 Å². The van der Waals surface area contributed by atoms with Crippen molar-refractivity contribution in [1.82, 2.24) is 0 Å². The fourth-order valence-electron chi connectivity index (χ4n) is 1.92. The molecule has 2 aromatic rings. The summed E-state index contributed by atoms with van der Waals surface area (Å²) in [5.74, 6) is -1.20. The number of rotatable bonds is 3. The van der Waals surface area contributed by atoms with Crippen molar-refractivity contribution in [3.63, 3.8) is 0 Å². The summed E-state index contributed by atoms with van der Waals surface area (Å²) in [5.41, 5.74) is 1.83. The van der Waals surface area contributed by atoms with Crippen LogP contribution in [-0.2, 0) is 0 Å². The van der Waals surface area contributed by atoms with Crippen LogP contribution < -0.4 is 5.32 Å². The Morgan fingerprint density at radius 3 is 2.40 bits per heavy atom. The lowest BCUT2D eigenvalue weighted by atomic mass is 10.1. The molecule has 5 heteroatoms. The Balaban J connectivity index is 2.27. The summed E-state index contributed by atoms with van der Waals surface area (Å²) in [4.78, 5) is 0. The second kappa shape index (κ2) is 5.98. The van der Waals surface area contributed by atoms with E-state index in [-0.39, 0.29) is 6.04 Å². The maximum Gasteiger partial charge on any atom is 0.131 e. The first-order valence-corrected chi connectivity index (χ1v) is 6.81. The zero-order valence-corrected chi connectivity index (χ0v) is 12.5. The third-order valence-electron chi connectivity index (χ3n) is 3.05. The summed E-state index contributed by atoms with van der Waals surface area (Å²) < 4.78 is 26.6. The van der Waals surface area contributed by atoms with Crippen molar-refractivity contribution < 1.29 is 8.78 Å². The van der Waals surface area contributed by atoms with Crippen molar-refractivity contribution >= 4 is 28.9 Å². The Bertz CT molecular complexity index is 644. The van der Waals surface area contributed by atoms with E-state index < -0.39 is 11.6 Å². The van der Waals surface area contributed by atoms with Crippen LogP contribution in [0.3, 0.4) is 0 Å². The predicted molar refractivity (Wildman–Crippen MR) is 79.6 cm³/mol. The van der Waals surface area contributed by atoms with Crippen molar-refractivity contribution in [3.05, 3.63) is 63.1 Å². The van der Waals surface area contributed by atoms with E-state index in [0.29, 0.717) is 21.3 Å². The molecule has 1 N–H and O–H groups in total. The van der Waals surface area contributed by atoms with Gasteiger partial charge in [-0.15, -0.1) is 0 Å². The SMILES string of the molecule is Cc1cc(Cl)c(NC(C)c2ccc(F)cc2F)cc1Cl. The van der Waals surface area contributed by atoms with Crippen LogP contribution in [0.15, 0.2) is 30.3 Å². The van der Waals surface area contributed by atoms with E-state index in [1.807, 2.05) is 6.92 Å². The molecule has 20 heavy (non-hydrogen) atoms. The fourth-order valence-corrected chi connectivity index (χ4v) is 2.36. The van der Waals surface area contributed by atoms with E-state index in [0.717, 1.165) is 11.6 Å². The fraction of sp³-hybridized carbons (Fsp3) is 0.200. The van der Waals surface area contributed by atoms with Crippen LogP contribution in [0.4, 0.5) is 14.5 Å². The molecule has 2 rings (SSSR count). The maximum atomic E-state index is 13.7. The molecule has 106 valence electrons. The second-order valence-electron chi connectivity index (χ2n) is 4.61. The molecule has 0 radical (unpaired) electrons. The molecule has 1 nitrogen and oxygen atoms in total. The lowest BCUT2D eigenvalue weighted by Gasteiger charge is -2.18. The van der Waals surface area contributed by atoms with Gasteiger partial charge in [0.25, 0.3) is 0 Å². The van der Waals surface area contributed by atoms with Gasteiger partial charge in [0.1, 0.15) is 11.6 Å². The lowest BCUT2D eigenvalue weighted by Crippen LogP contribution is -2.09. The molecule has 0 saturated carbocycles. The standard InChI is InChI=1S/C15H13Cl2F2N/c1-8-5-13(17)15(7-12(8)16)20-9(2)11-4-3-10(18)6-14(11)19/h3-7,9,20H,1-2H3. The van der Waals surface area contributed by atoms with Gasteiger partial charge in [-0.25, -0.2) is 8.78 Å². The molecule has 0 aromatic heterocycles. The van der Waals surface area contributed by atoms with E-state index in [2.05, 4.69) is 5.32 Å². The average Bonchev–Trinajstić information content (AvgIpc) is 2.35. The average molecular weight is 316 g/mol. The van der Waals surface area contributed by atoms with E-state index >= 15 is 0 Å². The minimum absolute atomic E-state index is 0.360. The summed E-state index contributed by atoms with van der Waals surface area (Å²) in [5, 5.41) is 4.15. The van der Waals surface area contributed by atoms with Gasteiger partial charge in [0.05, 0.1) is 16.8 Å². The van der Waals surface area contributed by atoms with Gasteiger partial charge >= 0.3 is 0 Å². The topological polar surface area (TPSA) is 12.0 Å². The lowest BCUT2D eigenvalue weighted by molar-refractivity contribution is 0.566. The molecular weight excluding hydrogens is 303 g/mol. The highest BCUT2D eigenvalue weighted by Gasteiger charge is 2.13. The molecule has 0 aliphatic heterocycles. The Hall–Kier alpha value is -1.32. The van der Waals surface area contributed by atoms with E-state index in [9.17, 15) is 8.78 Å². The number of benzene rings is 2. The number of hydrogen-bond acceptors (Lipinski definition) is 1. The Morgan fingerprint density at radius 1 is 1.05 bits per heavy atom. The number of halogens is 4. The Morgan fingerprint density at radius 2 is 1.75 bits per heavy atom. The number of anilines is 1. The molecule has 0 saturated heterocycles. The first-order valence-electron chi connectivity index (χ1n) is 6.05. The second-order valence-corrected chi connectivity index (χ2v) is 5.43. The molecule has 1 atom stereocenters. The van der Waals surface area contributed by atoms with Gasteiger partial charge in [-0.2, -0.15) is 0 Å². The van der Waals surface area contributed by atoms with Gasteiger partial charge < -0.3 is 5.32 Å². The molecule has 2 aromatic carbocycles. The molecule has 0 aliphatic carbocycles. The van der Waals surface area contributed by atoms with Crippen molar-refractivity contribution in [2.75, 3.05) is 5.32 Å². The van der Waals surface area contributed by atoms with Crippen LogP contribution in [0.1, 0.15) is 24.1 Å². The van der Waals surface area contributed by atoms with E-state index in [1.165, 1.54) is 12.1 Å². The largest absolute Gasteiger partial charge is 0.377 e. The Labute approximate surface area is 126 Å². The summed E-state index contributed by atoms with van der Waals surface area (Å²) in [6.07, 6.45) is 0. The van der Waals surface area contributed by atoms with Crippen LogP contribution in [0.5, 0.6) is 0 Å². The van der Waals surface area contributed by atoms with Crippen molar-refractivity contribution in [2.45, 2.75) is 19.9 Å². The van der Waals surface area contributed by atoms with Crippen LogP contribution in [-0.4, -0.2) is 0 Å². The maximum absolute atomic E-state index is 13.7. The molecule has 0 amide bonds. The zero-order chi connectivity index (χ0) is 14.9. The van der Waals surface area contributed by atoms with Crippen LogP contribution in [0.25, 0.3) is 0 Å². The minimum Gasteiger partial charge on any atom is -0.377 e. The molecule has 0 spiro atoms. The summed E-state index contributed by atoms with van der Waals surface area (Å²) in [7, 11) is 0. The number of aryl methyl sites for hydroxylation is 1. The van der Waals surface area contributed by atoms with Gasteiger partial charge in [-0.1, -0.05) is 29.3 Å². The van der Waals surface area contributed by atoms with E-state index in [1.54, 1.807) is 19.1 Å². The highest BCUT2D eigenvalue weighted by Crippen LogP contribution is 2.32. The highest BCUT2D eigenvalue weighted by molar-refractivity contribution is 6.35. The third-order valence-corrected chi connectivity index (χ3v) is 3.77. The molecule has 0 fully saturated rings. The smallest absolute Gasteiger partial charge is 0.131 e. The third kappa shape index (κ3) is 3.22. The van der Waals surface area contributed by atoms with Crippen LogP contribution >= 0.6 is 23.2 Å². The van der Waals surface area contributed by atoms with Crippen molar-refractivity contribution in [1.29, 1.82) is 0 Å². The van der Waals surface area contributed by atoms with Crippen LogP contribution in [0.2, 0.25) is 10.0 Å². The number of nitrogens with one attached hydrogen (secondary N) is 1. The molecular formula is C15H13Cl2F2N. The van der Waals surface area contributed by atoms with Gasteiger partial charge in [-0.05, 0) is 37.6 Å². The van der Waals surface area contributed by atoms with Gasteiger partial charge in [0, 0.05) is 16.7 Å². The monoisotopic (exact) mass is 315 g/mol. The van der Waals surface area contributed by atoms with Gasteiger partial charge in [0.15, 0.2) is 0 Å². The first kappa shape index (κ1) is 15.1. The highest BCUT2D eigenvalue weighted by atomic mass is 35.5. The van der Waals surface area contributed by atoms with Gasteiger partial charge in [-0.3, -0.25) is 0 Å². The van der Waals surface area contributed by atoms with Crippen molar-refractivity contribution in [2.24, 2.45) is 0 Å². The molecule has 1 unspecified atom stereocenters. The number of hydrogen-bond donors (Lipinski definition) is 1. The normalized spacial score (nSPS) is 12.3. The first-order chi connectivity index (χ1) is 9.38. The Kier molecular flexibility index (Phi) is 4.51. The molecule has 0 heterocycles. The predicted octanol–water partition coefficient (Wildman–Crippen LogP) is 5.75. The summed E-state index contributed by atoms with van der Waals surface area (Å²) in [6, 6.07) is 6.55. The van der Waals surface area contributed by atoms with Gasteiger partial charge in [0.2, 0.25) is 0 Å². The summed E-state index contributed by atoms with van der Waals surface area (Å²) in [6.45, 7) is 3.61. The van der Waals surface area contributed by atoms with E-state index in [4.69, 9.17) is 23.2 Å². The zero-order valence-electron chi connectivity index (χ0n) is 11.0. The minimum atomic E-state index is -0.602. The molecule has 0 aliphatic rings. The van der Waals surface area contributed by atoms with Crippen LogP contribution in [0, 0.1) is 18.6 Å².